The lowest BCUT2D eigenvalue weighted by molar-refractivity contribution is -0.137. The summed E-state index contributed by atoms with van der Waals surface area (Å²) in [5, 5.41) is 8.75. The zero-order valence-corrected chi connectivity index (χ0v) is 13.4. The SMILES string of the molecule is CC1CCC(N(CCCCC(=O)O)CC2CCCO2)CC1. The van der Waals surface area contributed by atoms with Crippen LogP contribution in [0.25, 0.3) is 0 Å². The van der Waals surface area contributed by atoms with Gasteiger partial charge in [-0.2, -0.15) is 0 Å². The summed E-state index contributed by atoms with van der Waals surface area (Å²) >= 11 is 0. The average molecular weight is 297 g/mol. The van der Waals surface area contributed by atoms with E-state index in [4.69, 9.17) is 9.84 Å². The fraction of sp³-hybridized carbons (Fsp3) is 0.941. The van der Waals surface area contributed by atoms with Crippen LogP contribution in [0.3, 0.4) is 0 Å². The molecule has 1 unspecified atom stereocenters. The molecule has 1 saturated carbocycles. The molecule has 1 N–H and O–H groups in total. The Morgan fingerprint density at radius 1 is 1.19 bits per heavy atom. The Hall–Kier alpha value is -0.610. The van der Waals surface area contributed by atoms with Crippen LogP contribution in [-0.4, -0.2) is 47.8 Å². The molecule has 4 nitrogen and oxygen atoms in total. The highest BCUT2D eigenvalue weighted by Gasteiger charge is 2.27. The molecule has 2 rings (SSSR count). The van der Waals surface area contributed by atoms with E-state index >= 15 is 0 Å². The van der Waals surface area contributed by atoms with Crippen molar-refractivity contribution in [1.82, 2.24) is 4.90 Å². The molecule has 1 heterocycles. The van der Waals surface area contributed by atoms with Gasteiger partial charge in [-0.15, -0.1) is 0 Å². The maximum absolute atomic E-state index is 10.6. The van der Waals surface area contributed by atoms with Crippen LogP contribution in [0.5, 0.6) is 0 Å². The summed E-state index contributed by atoms with van der Waals surface area (Å²) in [5.74, 6) is 0.199. The molecule has 4 heteroatoms. The number of carboxylic acid groups (broad SMARTS) is 1. The highest BCUT2D eigenvalue weighted by atomic mass is 16.5. The van der Waals surface area contributed by atoms with Crippen LogP contribution in [0, 0.1) is 5.92 Å². The van der Waals surface area contributed by atoms with Crippen molar-refractivity contribution >= 4 is 5.97 Å². The number of rotatable bonds is 8. The predicted octanol–water partition coefficient (Wildman–Crippen LogP) is 3.30. The number of nitrogens with zero attached hydrogens (tertiary/aromatic N) is 1. The van der Waals surface area contributed by atoms with Crippen LogP contribution < -0.4 is 0 Å². The summed E-state index contributed by atoms with van der Waals surface area (Å²) in [6.07, 6.45) is 10.1. The molecule has 1 aliphatic heterocycles. The highest BCUT2D eigenvalue weighted by molar-refractivity contribution is 5.66. The topological polar surface area (TPSA) is 49.8 Å². The van der Waals surface area contributed by atoms with E-state index in [-0.39, 0.29) is 0 Å². The molecule has 21 heavy (non-hydrogen) atoms. The van der Waals surface area contributed by atoms with Crippen molar-refractivity contribution < 1.29 is 14.6 Å². The van der Waals surface area contributed by atoms with Crippen molar-refractivity contribution in [3.63, 3.8) is 0 Å². The van der Waals surface area contributed by atoms with Gasteiger partial charge in [0.15, 0.2) is 0 Å². The van der Waals surface area contributed by atoms with Gasteiger partial charge in [-0.05, 0) is 63.8 Å². The van der Waals surface area contributed by atoms with Gasteiger partial charge in [-0.3, -0.25) is 9.69 Å². The molecule has 0 radical (unpaired) electrons. The van der Waals surface area contributed by atoms with Crippen molar-refractivity contribution in [3.8, 4) is 0 Å². The van der Waals surface area contributed by atoms with Crippen LogP contribution in [0.1, 0.15) is 64.7 Å². The Morgan fingerprint density at radius 2 is 1.95 bits per heavy atom. The maximum Gasteiger partial charge on any atom is 0.303 e. The molecule has 2 aliphatic rings. The predicted molar refractivity (Wildman–Crippen MR) is 83.5 cm³/mol. The van der Waals surface area contributed by atoms with Gasteiger partial charge in [0.1, 0.15) is 0 Å². The standard InChI is InChI=1S/C17H31NO3/c1-14-7-9-15(10-8-14)18(11-3-2-6-17(19)20)13-16-5-4-12-21-16/h14-16H,2-13H2,1H3,(H,19,20). The third kappa shape index (κ3) is 5.95. The Balaban J connectivity index is 1.79. The van der Waals surface area contributed by atoms with Gasteiger partial charge in [0.2, 0.25) is 0 Å². The van der Waals surface area contributed by atoms with E-state index in [9.17, 15) is 4.79 Å². The zero-order chi connectivity index (χ0) is 15.1. The summed E-state index contributed by atoms with van der Waals surface area (Å²) in [6.45, 7) is 5.35. The van der Waals surface area contributed by atoms with E-state index in [0.717, 1.165) is 38.5 Å². The van der Waals surface area contributed by atoms with Gasteiger partial charge >= 0.3 is 5.97 Å². The third-order valence-electron chi connectivity index (χ3n) is 5.05. The molecular formula is C17H31NO3. The van der Waals surface area contributed by atoms with E-state index < -0.39 is 5.97 Å². The Labute approximate surface area is 128 Å². The summed E-state index contributed by atoms with van der Waals surface area (Å²) in [6, 6.07) is 0.690. The third-order valence-corrected chi connectivity index (χ3v) is 5.05. The summed E-state index contributed by atoms with van der Waals surface area (Å²) in [7, 11) is 0. The lowest BCUT2D eigenvalue weighted by Gasteiger charge is -2.37. The van der Waals surface area contributed by atoms with E-state index in [1.165, 1.54) is 38.5 Å². The van der Waals surface area contributed by atoms with Crippen molar-refractivity contribution in [2.24, 2.45) is 5.92 Å². The molecular weight excluding hydrogens is 266 g/mol. The van der Waals surface area contributed by atoms with E-state index in [0.29, 0.717) is 18.6 Å². The molecule has 0 bridgehead atoms. The van der Waals surface area contributed by atoms with Gasteiger partial charge in [-0.25, -0.2) is 0 Å². The van der Waals surface area contributed by atoms with Crippen molar-refractivity contribution in [2.45, 2.75) is 76.9 Å². The molecule has 1 aliphatic carbocycles. The molecule has 1 saturated heterocycles. The lowest BCUT2D eigenvalue weighted by Crippen LogP contribution is -2.42. The molecule has 0 amide bonds. The number of hydrogen-bond donors (Lipinski definition) is 1. The first kappa shape index (κ1) is 16.8. The first-order chi connectivity index (χ1) is 10.1. The Kier molecular flexibility index (Phi) is 6.97. The van der Waals surface area contributed by atoms with Gasteiger partial charge < -0.3 is 9.84 Å². The number of unbranched alkanes of at least 4 members (excludes halogenated alkanes) is 1. The minimum Gasteiger partial charge on any atom is -0.481 e. The summed E-state index contributed by atoms with van der Waals surface area (Å²) in [5.41, 5.74) is 0. The second-order valence-corrected chi connectivity index (χ2v) is 6.89. The minimum absolute atomic E-state index is 0.301. The van der Waals surface area contributed by atoms with Crippen molar-refractivity contribution in [3.05, 3.63) is 0 Å². The summed E-state index contributed by atoms with van der Waals surface area (Å²) < 4.78 is 5.80. The molecule has 0 aromatic rings. The molecule has 0 spiro atoms. The van der Waals surface area contributed by atoms with E-state index in [2.05, 4.69) is 11.8 Å². The van der Waals surface area contributed by atoms with Crippen LogP contribution in [0.15, 0.2) is 0 Å². The molecule has 0 aromatic carbocycles. The highest BCUT2D eigenvalue weighted by Crippen LogP contribution is 2.28. The normalized spacial score (nSPS) is 29.9. The van der Waals surface area contributed by atoms with Crippen LogP contribution >= 0.6 is 0 Å². The number of carboxylic acids is 1. The molecule has 122 valence electrons. The largest absolute Gasteiger partial charge is 0.481 e. The maximum atomic E-state index is 10.6. The van der Waals surface area contributed by atoms with E-state index in [1.54, 1.807) is 0 Å². The van der Waals surface area contributed by atoms with Gasteiger partial charge in [0.05, 0.1) is 6.10 Å². The molecule has 0 aromatic heterocycles. The van der Waals surface area contributed by atoms with Crippen LogP contribution in [0.4, 0.5) is 0 Å². The number of hydrogen-bond acceptors (Lipinski definition) is 3. The second-order valence-electron chi connectivity index (χ2n) is 6.89. The van der Waals surface area contributed by atoms with Gasteiger partial charge in [-0.1, -0.05) is 6.92 Å². The van der Waals surface area contributed by atoms with Crippen LogP contribution in [0.2, 0.25) is 0 Å². The minimum atomic E-state index is -0.674. The smallest absolute Gasteiger partial charge is 0.303 e. The first-order valence-corrected chi connectivity index (χ1v) is 8.72. The van der Waals surface area contributed by atoms with E-state index in [1.807, 2.05) is 0 Å². The quantitative estimate of drug-likeness (QED) is 0.698. The molecule has 2 fully saturated rings. The number of aliphatic carboxylic acids is 1. The lowest BCUT2D eigenvalue weighted by atomic mass is 9.86. The fourth-order valence-electron chi connectivity index (χ4n) is 3.67. The van der Waals surface area contributed by atoms with Crippen LogP contribution in [-0.2, 0) is 9.53 Å². The summed E-state index contributed by atoms with van der Waals surface area (Å²) in [4.78, 5) is 13.2. The fourth-order valence-corrected chi connectivity index (χ4v) is 3.67. The Morgan fingerprint density at radius 3 is 2.57 bits per heavy atom. The molecule has 1 atom stereocenters. The monoisotopic (exact) mass is 297 g/mol. The second kappa shape index (κ2) is 8.74. The zero-order valence-electron chi connectivity index (χ0n) is 13.4. The van der Waals surface area contributed by atoms with Crippen molar-refractivity contribution in [1.29, 1.82) is 0 Å². The number of carbonyl (C=O) groups is 1. The average Bonchev–Trinajstić information content (AvgIpc) is 2.96. The Bertz CT molecular complexity index is 307. The van der Waals surface area contributed by atoms with Gasteiger partial charge in [0.25, 0.3) is 0 Å². The van der Waals surface area contributed by atoms with Crippen molar-refractivity contribution in [2.75, 3.05) is 19.7 Å². The number of ether oxygens (including phenoxy) is 1. The van der Waals surface area contributed by atoms with Gasteiger partial charge in [0, 0.05) is 25.6 Å². The first-order valence-electron chi connectivity index (χ1n) is 8.72.